The Morgan fingerprint density at radius 1 is 0.923 bits per heavy atom. The zero-order valence-electron chi connectivity index (χ0n) is 36.3. The first-order valence-corrected chi connectivity index (χ1v) is 21.7. The largest absolute Gasteiger partial charge is 0.382 e. The first kappa shape index (κ1) is 46.7. The molecule has 3 aromatic heterocycles. The van der Waals surface area contributed by atoms with Gasteiger partial charge < -0.3 is 34.3 Å². The van der Waals surface area contributed by atoms with E-state index in [4.69, 9.17) is 23.7 Å². The lowest BCUT2D eigenvalue weighted by Crippen LogP contribution is -2.54. The molecule has 1 aliphatic carbocycles. The first-order valence-electron chi connectivity index (χ1n) is 21.7. The molecule has 5 heterocycles. The fourth-order valence-electron chi connectivity index (χ4n) is 7.36. The lowest BCUT2D eigenvalue weighted by atomic mass is 9.99. The van der Waals surface area contributed by atoms with E-state index in [1.54, 1.807) is 50.4 Å². The molecule has 2 atom stereocenters. The summed E-state index contributed by atoms with van der Waals surface area (Å²) in [4.78, 5) is 73.3. The highest BCUT2D eigenvalue weighted by molar-refractivity contribution is 6.24. The summed E-state index contributed by atoms with van der Waals surface area (Å²) in [7, 11) is 0. The molecule has 2 fully saturated rings. The summed E-state index contributed by atoms with van der Waals surface area (Å²) in [5.41, 5.74) is 1.78. The number of carbonyl (C=O) groups excluding carboxylic acids is 5. The van der Waals surface area contributed by atoms with E-state index < -0.39 is 47.4 Å². The van der Waals surface area contributed by atoms with Gasteiger partial charge in [-0.05, 0) is 63.6 Å². The van der Waals surface area contributed by atoms with Gasteiger partial charge in [-0.25, -0.2) is 14.4 Å². The quantitative estimate of drug-likeness (QED) is 0.0640. The van der Waals surface area contributed by atoms with Gasteiger partial charge >= 0.3 is 0 Å². The van der Waals surface area contributed by atoms with Crippen LogP contribution >= 0.6 is 0 Å². The second-order valence-electron chi connectivity index (χ2n) is 16.3. The average Bonchev–Trinajstić information content (AvgIpc) is 3.95. The van der Waals surface area contributed by atoms with Crippen LogP contribution in [0.5, 0.6) is 0 Å². The fourth-order valence-corrected chi connectivity index (χ4v) is 7.36. The van der Waals surface area contributed by atoms with Crippen LogP contribution in [0.3, 0.4) is 0 Å². The molecule has 65 heavy (non-hydrogen) atoms. The van der Waals surface area contributed by atoms with Crippen molar-refractivity contribution in [2.24, 2.45) is 0 Å². The number of hydrogen-bond acceptors (Lipinski definition) is 15. The molecule has 0 radical (unpaired) electrons. The van der Waals surface area contributed by atoms with E-state index in [0.29, 0.717) is 98.3 Å². The Balaban J connectivity index is 0.715. The van der Waals surface area contributed by atoms with E-state index in [9.17, 15) is 29.2 Å². The number of benzene rings is 1. The zero-order chi connectivity index (χ0) is 45.9. The van der Waals surface area contributed by atoms with Gasteiger partial charge in [0.25, 0.3) is 17.7 Å². The molecule has 344 valence electrons. The molecular formula is C45H52FN9O10. The van der Waals surface area contributed by atoms with Crippen LogP contribution in [-0.4, -0.2) is 144 Å². The lowest BCUT2D eigenvalue weighted by molar-refractivity contribution is -0.136. The van der Waals surface area contributed by atoms with Crippen LogP contribution in [0.4, 0.5) is 10.1 Å². The number of pyridine rings is 2. The van der Waals surface area contributed by atoms with Crippen molar-refractivity contribution in [3.63, 3.8) is 0 Å². The third kappa shape index (κ3) is 11.7. The van der Waals surface area contributed by atoms with Crippen molar-refractivity contribution < 1.29 is 52.0 Å². The molecule has 5 amide bonds. The molecule has 1 saturated carbocycles. The van der Waals surface area contributed by atoms with Crippen molar-refractivity contribution in [3.8, 4) is 11.9 Å². The number of nitrogens with one attached hydrogen (secondary N) is 3. The van der Waals surface area contributed by atoms with Crippen molar-refractivity contribution in [1.29, 1.82) is 5.26 Å². The summed E-state index contributed by atoms with van der Waals surface area (Å²) >= 11 is 0. The van der Waals surface area contributed by atoms with Crippen molar-refractivity contribution in [2.75, 3.05) is 71.3 Å². The Kier molecular flexibility index (Phi) is 15.6. The van der Waals surface area contributed by atoms with Crippen LogP contribution in [-0.2, 0) is 39.7 Å². The molecule has 20 heteroatoms. The van der Waals surface area contributed by atoms with Gasteiger partial charge in [-0.15, -0.1) is 0 Å². The average molecular weight is 898 g/mol. The highest BCUT2D eigenvalue weighted by atomic mass is 19.1. The van der Waals surface area contributed by atoms with Gasteiger partial charge in [0.1, 0.15) is 18.3 Å². The van der Waals surface area contributed by atoms with Crippen LogP contribution in [0, 0.1) is 11.3 Å². The summed E-state index contributed by atoms with van der Waals surface area (Å²) in [6.07, 6.45) is 6.14. The Morgan fingerprint density at radius 2 is 1.63 bits per heavy atom. The molecule has 2 unspecified atom stereocenters. The molecule has 1 saturated heterocycles. The maximum absolute atomic E-state index is 15.4. The highest BCUT2D eigenvalue weighted by Crippen LogP contribution is 2.31. The molecule has 19 nitrogen and oxygen atoms in total. The normalized spacial score (nSPS) is 16.7. The number of halogens is 1. The van der Waals surface area contributed by atoms with Crippen LogP contribution in [0.2, 0.25) is 0 Å². The van der Waals surface area contributed by atoms with Crippen LogP contribution in [0.1, 0.15) is 88.2 Å². The Labute approximate surface area is 374 Å². The number of nitrogens with zero attached hydrogens (tertiary/aromatic N) is 6. The molecule has 7 rings (SSSR count). The molecule has 2 aliphatic heterocycles. The summed E-state index contributed by atoms with van der Waals surface area (Å²) in [6.45, 7) is 5.77. The number of anilines is 1. The Morgan fingerprint density at radius 3 is 2.32 bits per heavy atom. The topological polar surface area (TPSA) is 238 Å². The van der Waals surface area contributed by atoms with Gasteiger partial charge in [-0.1, -0.05) is 12.1 Å². The maximum atomic E-state index is 15.4. The second kappa shape index (κ2) is 21.6. The minimum atomic E-state index is -1.52. The summed E-state index contributed by atoms with van der Waals surface area (Å²) in [5, 5.41) is 22.5. The number of fused-ring (bicyclic) bond motifs is 2. The minimum Gasteiger partial charge on any atom is -0.382 e. The summed E-state index contributed by atoms with van der Waals surface area (Å²) in [5.74, 6) is -2.17. The number of rotatable bonds is 25. The van der Waals surface area contributed by atoms with Gasteiger partial charge in [0.05, 0.1) is 99.1 Å². The lowest BCUT2D eigenvalue weighted by Gasteiger charge is -2.29. The summed E-state index contributed by atoms with van der Waals surface area (Å²) in [6, 6.07) is 9.74. The van der Waals surface area contributed by atoms with Crippen molar-refractivity contribution in [3.05, 3.63) is 76.7 Å². The molecule has 0 spiro atoms. The van der Waals surface area contributed by atoms with Crippen molar-refractivity contribution >= 4 is 46.3 Å². The number of carbonyl (C=O) groups is 5. The number of nitriles is 1. The van der Waals surface area contributed by atoms with Crippen LogP contribution in [0.25, 0.3) is 16.9 Å². The second-order valence-corrected chi connectivity index (χ2v) is 16.3. The number of aryl methyl sites for hydroxylation is 1. The first-order chi connectivity index (χ1) is 31.4. The predicted octanol–water partition coefficient (Wildman–Crippen LogP) is 3.22. The van der Waals surface area contributed by atoms with Gasteiger partial charge in [0.15, 0.2) is 11.5 Å². The van der Waals surface area contributed by atoms with E-state index >= 15 is 4.39 Å². The van der Waals surface area contributed by atoms with Crippen molar-refractivity contribution in [1.82, 2.24) is 35.3 Å². The smallest absolute Gasteiger partial charge is 0.262 e. The van der Waals surface area contributed by atoms with Gasteiger partial charge in [0.2, 0.25) is 11.8 Å². The summed E-state index contributed by atoms with van der Waals surface area (Å²) < 4.78 is 45.0. The minimum absolute atomic E-state index is 0.0622. The van der Waals surface area contributed by atoms with Gasteiger partial charge in [-0.2, -0.15) is 15.0 Å². The fraction of sp³-hybridized carbons (Fsp3) is 0.489. The van der Waals surface area contributed by atoms with Gasteiger partial charge in [-0.3, -0.25) is 34.2 Å². The number of hydrogen-bond donors (Lipinski definition) is 3. The van der Waals surface area contributed by atoms with E-state index in [-0.39, 0.29) is 49.8 Å². The van der Waals surface area contributed by atoms with E-state index in [2.05, 4.69) is 37.1 Å². The number of piperidine rings is 1. The monoisotopic (exact) mass is 897 g/mol. The predicted molar refractivity (Wildman–Crippen MR) is 230 cm³/mol. The molecule has 4 aromatic rings. The molecule has 3 N–H and O–H groups in total. The molecule has 0 bridgehead atoms. The molecule has 1 aromatic carbocycles. The SMILES string of the molecule is CC(C)(OCCOCCOCCOCCOCCCc1cccc2c1C(=O)N(C1CCC(=O)NC1=O)C2=O)C(F)CNC(=O)c1cnc(-n2ncc3cc(C#N)cnc32)cc1NC1CC1. The standard InChI is InChI=1S/C45H52FN9O10/c1-45(2,36(46)27-50-41(57)33-26-48-37(22-34(33)52-31-8-9-31)55-40-30(25-51-55)21-28(23-47)24-49-40)65-20-19-64-18-17-63-16-15-62-14-13-61-12-4-6-29-5-3-7-32-39(29)44(60)54(43(32)59)35-10-11-38(56)53-42(35)58/h3,5,7,21-22,24-26,31,35-36H,4,6,8-20,27H2,1-2H3,(H,48,52)(H,50,57)(H,53,56,58). The third-order valence-corrected chi connectivity index (χ3v) is 11.1. The van der Waals surface area contributed by atoms with Crippen LogP contribution < -0.4 is 16.0 Å². The number of ether oxygens (including phenoxy) is 5. The Bertz CT molecular complexity index is 2430. The number of alkyl halides is 1. The maximum Gasteiger partial charge on any atom is 0.262 e. The van der Waals surface area contributed by atoms with Crippen LogP contribution in [0.15, 0.2) is 48.9 Å². The van der Waals surface area contributed by atoms with Crippen molar-refractivity contribution in [2.45, 2.75) is 76.2 Å². The highest BCUT2D eigenvalue weighted by Gasteiger charge is 2.45. The number of imide groups is 2. The number of aromatic nitrogens is 4. The van der Waals surface area contributed by atoms with E-state index in [1.807, 2.05) is 0 Å². The van der Waals surface area contributed by atoms with E-state index in [0.717, 1.165) is 17.7 Å². The molecular weight excluding hydrogens is 846 g/mol. The van der Waals surface area contributed by atoms with Gasteiger partial charge in [0, 0.05) is 42.9 Å². The van der Waals surface area contributed by atoms with E-state index in [1.165, 1.54) is 17.1 Å². The molecule has 3 aliphatic rings. The zero-order valence-corrected chi connectivity index (χ0v) is 36.3. The third-order valence-electron chi connectivity index (χ3n) is 11.1. The Hall–Kier alpha value is -6.24. The number of amides is 5.